The number of piperazine rings is 1. The largest absolute Gasteiger partial charge is 0.497 e. The molecule has 20 heavy (non-hydrogen) atoms. The molecule has 108 valence electrons. The lowest BCUT2D eigenvalue weighted by atomic mass is 10.1. The van der Waals surface area contributed by atoms with Crippen LogP contribution in [0.1, 0.15) is 19.8 Å². The van der Waals surface area contributed by atoms with Crippen LogP contribution in [0.4, 0.5) is 5.69 Å². The van der Waals surface area contributed by atoms with Gasteiger partial charge in [-0.2, -0.15) is 0 Å². The Morgan fingerprint density at radius 1 is 1.35 bits per heavy atom. The molecule has 0 radical (unpaired) electrons. The molecule has 1 aromatic carbocycles. The molecule has 1 aromatic rings. The summed E-state index contributed by atoms with van der Waals surface area (Å²) in [6.07, 6.45) is 2.66. The number of benzene rings is 1. The first-order chi connectivity index (χ1) is 9.67. The highest BCUT2D eigenvalue weighted by Gasteiger charge is 2.33. The van der Waals surface area contributed by atoms with Crippen molar-refractivity contribution in [1.29, 1.82) is 0 Å². The van der Waals surface area contributed by atoms with Crippen LogP contribution >= 0.6 is 0 Å². The summed E-state index contributed by atoms with van der Waals surface area (Å²) in [7, 11) is 1.65. The molecule has 1 aliphatic carbocycles. The van der Waals surface area contributed by atoms with Gasteiger partial charge >= 0.3 is 0 Å². The highest BCUT2D eigenvalue weighted by atomic mass is 16.5. The Kier molecular flexibility index (Phi) is 3.66. The van der Waals surface area contributed by atoms with Gasteiger partial charge in [-0.3, -0.25) is 9.69 Å². The van der Waals surface area contributed by atoms with Crippen LogP contribution in [0.2, 0.25) is 0 Å². The highest BCUT2D eigenvalue weighted by Crippen LogP contribution is 2.31. The quantitative estimate of drug-likeness (QED) is 0.843. The van der Waals surface area contributed by atoms with E-state index in [1.165, 1.54) is 12.8 Å². The van der Waals surface area contributed by atoms with Crippen molar-refractivity contribution in [2.24, 2.45) is 5.92 Å². The van der Waals surface area contributed by atoms with Crippen LogP contribution < -0.4 is 9.64 Å². The first kappa shape index (κ1) is 13.4. The normalized spacial score (nSPS) is 24.0. The van der Waals surface area contributed by atoms with Gasteiger partial charge in [-0.1, -0.05) is 6.07 Å². The van der Waals surface area contributed by atoms with E-state index in [0.29, 0.717) is 6.54 Å². The first-order valence-electron chi connectivity index (χ1n) is 7.36. The van der Waals surface area contributed by atoms with Crippen molar-refractivity contribution in [3.63, 3.8) is 0 Å². The number of anilines is 1. The number of hydrogen-bond donors (Lipinski definition) is 0. The molecule has 1 heterocycles. The minimum absolute atomic E-state index is 0.192. The summed E-state index contributed by atoms with van der Waals surface area (Å²) in [4.78, 5) is 16.7. The fourth-order valence-electron chi connectivity index (χ4n) is 3.00. The number of hydrogen-bond acceptors (Lipinski definition) is 3. The van der Waals surface area contributed by atoms with Crippen molar-refractivity contribution in [1.82, 2.24) is 4.90 Å². The molecule has 2 aliphatic rings. The van der Waals surface area contributed by atoms with Crippen LogP contribution in [-0.4, -0.2) is 43.6 Å². The minimum Gasteiger partial charge on any atom is -0.497 e. The fraction of sp³-hybridized carbons (Fsp3) is 0.562. The van der Waals surface area contributed by atoms with E-state index in [2.05, 4.69) is 11.8 Å². The summed E-state index contributed by atoms with van der Waals surface area (Å²) in [5.74, 6) is 1.82. The third-order valence-corrected chi connectivity index (χ3v) is 4.14. The average molecular weight is 274 g/mol. The van der Waals surface area contributed by atoms with Gasteiger partial charge < -0.3 is 9.64 Å². The molecule has 0 aromatic heterocycles. The molecule has 0 unspecified atom stereocenters. The van der Waals surface area contributed by atoms with Crippen molar-refractivity contribution >= 4 is 11.6 Å². The lowest BCUT2D eigenvalue weighted by molar-refractivity contribution is -0.122. The molecule has 1 amide bonds. The molecule has 0 spiro atoms. The second-order valence-electron chi connectivity index (χ2n) is 5.95. The minimum atomic E-state index is 0.192. The number of carbonyl (C=O) groups is 1. The molecular weight excluding hydrogens is 252 g/mol. The highest BCUT2D eigenvalue weighted by molar-refractivity contribution is 5.96. The number of carbonyl (C=O) groups excluding carboxylic acids is 1. The Morgan fingerprint density at radius 3 is 2.80 bits per heavy atom. The van der Waals surface area contributed by atoms with Gasteiger partial charge in [0.15, 0.2) is 0 Å². The van der Waals surface area contributed by atoms with Crippen LogP contribution in [0.15, 0.2) is 24.3 Å². The van der Waals surface area contributed by atoms with Crippen LogP contribution in [0.5, 0.6) is 5.75 Å². The SMILES string of the molecule is COc1cccc(N2C(=O)CN(CC3CC3)C[C@H]2C)c1. The molecule has 0 bridgehead atoms. The van der Waals surface area contributed by atoms with E-state index in [9.17, 15) is 4.79 Å². The van der Waals surface area contributed by atoms with E-state index in [1.54, 1.807) is 7.11 Å². The average Bonchev–Trinajstić information content (AvgIpc) is 3.22. The van der Waals surface area contributed by atoms with Gasteiger partial charge in [0.25, 0.3) is 0 Å². The second-order valence-corrected chi connectivity index (χ2v) is 5.95. The number of nitrogens with zero attached hydrogens (tertiary/aromatic N) is 2. The molecule has 1 atom stereocenters. The molecule has 0 N–H and O–H groups in total. The van der Waals surface area contributed by atoms with Crippen molar-refractivity contribution in [2.75, 3.05) is 31.6 Å². The van der Waals surface area contributed by atoms with Crippen LogP contribution in [0.3, 0.4) is 0 Å². The van der Waals surface area contributed by atoms with Gasteiger partial charge in [0.2, 0.25) is 5.91 Å². The predicted molar refractivity (Wildman–Crippen MR) is 79.1 cm³/mol. The van der Waals surface area contributed by atoms with Crippen molar-refractivity contribution in [3.05, 3.63) is 24.3 Å². The summed E-state index contributed by atoms with van der Waals surface area (Å²) in [5.41, 5.74) is 0.938. The first-order valence-corrected chi connectivity index (χ1v) is 7.36. The maximum atomic E-state index is 12.5. The standard InChI is InChI=1S/C16H22N2O2/c1-12-9-17(10-13-6-7-13)11-16(19)18(12)14-4-3-5-15(8-14)20-2/h3-5,8,12-13H,6-7,9-11H2,1-2H3/t12-/m1/s1. The monoisotopic (exact) mass is 274 g/mol. The zero-order valence-corrected chi connectivity index (χ0v) is 12.2. The summed E-state index contributed by atoms with van der Waals surface area (Å²) >= 11 is 0. The lowest BCUT2D eigenvalue weighted by Gasteiger charge is -2.39. The van der Waals surface area contributed by atoms with E-state index >= 15 is 0 Å². The van der Waals surface area contributed by atoms with Gasteiger partial charge in [0.05, 0.1) is 13.7 Å². The predicted octanol–water partition coefficient (Wildman–Crippen LogP) is 2.14. The molecular formula is C16H22N2O2. The Labute approximate surface area is 120 Å². The van der Waals surface area contributed by atoms with Gasteiger partial charge in [0.1, 0.15) is 5.75 Å². The van der Waals surface area contributed by atoms with Crippen molar-refractivity contribution in [2.45, 2.75) is 25.8 Å². The molecule has 3 rings (SSSR count). The van der Waals surface area contributed by atoms with Crippen LogP contribution in [0, 0.1) is 5.92 Å². The zero-order chi connectivity index (χ0) is 14.1. The van der Waals surface area contributed by atoms with Crippen molar-refractivity contribution < 1.29 is 9.53 Å². The molecule has 4 heteroatoms. The van der Waals surface area contributed by atoms with E-state index < -0.39 is 0 Å². The summed E-state index contributed by atoms with van der Waals surface area (Å²) in [5, 5.41) is 0. The molecule has 4 nitrogen and oxygen atoms in total. The summed E-state index contributed by atoms with van der Waals surface area (Å²) < 4.78 is 5.25. The Morgan fingerprint density at radius 2 is 2.15 bits per heavy atom. The molecule has 2 fully saturated rings. The molecule has 1 aliphatic heterocycles. The van der Waals surface area contributed by atoms with Gasteiger partial charge in [0, 0.05) is 30.9 Å². The third-order valence-electron chi connectivity index (χ3n) is 4.14. The smallest absolute Gasteiger partial charge is 0.241 e. The van der Waals surface area contributed by atoms with E-state index in [4.69, 9.17) is 4.74 Å². The number of ether oxygens (including phenoxy) is 1. The second kappa shape index (κ2) is 5.44. The van der Waals surface area contributed by atoms with Gasteiger partial charge in [-0.05, 0) is 37.8 Å². The topological polar surface area (TPSA) is 32.8 Å². The Bertz CT molecular complexity index is 499. The lowest BCUT2D eigenvalue weighted by Crippen LogP contribution is -2.55. The summed E-state index contributed by atoms with van der Waals surface area (Å²) in [6.45, 7) is 4.70. The molecule has 1 saturated carbocycles. The van der Waals surface area contributed by atoms with E-state index in [1.807, 2.05) is 29.2 Å². The van der Waals surface area contributed by atoms with Gasteiger partial charge in [-0.25, -0.2) is 0 Å². The fourth-order valence-corrected chi connectivity index (χ4v) is 3.00. The third kappa shape index (κ3) is 2.80. The van der Waals surface area contributed by atoms with Crippen LogP contribution in [-0.2, 0) is 4.79 Å². The Balaban J connectivity index is 1.74. The van der Waals surface area contributed by atoms with Crippen molar-refractivity contribution in [3.8, 4) is 5.75 Å². The van der Waals surface area contributed by atoms with Crippen LogP contribution in [0.25, 0.3) is 0 Å². The van der Waals surface area contributed by atoms with E-state index in [-0.39, 0.29) is 11.9 Å². The Hall–Kier alpha value is -1.55. The summed E-state index contributed by atoms with van der Waals surface area (Å²) in [6, 6.07) is 7.97. The van der Waals surface area contributed by atoms with E-state index in [0.717, 1.165) is 30.4 Å². The number of amides is 1. The maximum absolute atomic E-state index is 12.5. The zero-order valence-electron chi connectivity index (χ0n) is 12.2. The number of rotatable bonds is 4. The molecule has 1 saturated heterocycles. The number of methoxy groups -OCH3 is 1. The van der Waals surface area contributed by atoms with Gasteiger partial charge in [-0.15, -0.1) is 0 Å². The maximum Gasteiger partial charge on any atom is 0.241 e.